The maximum atomic E-state index is 4.51. The number of pyridine rings is 1. The van der Waals surface area contributed by atoms with Gasteiger partial charge in [0.15, 0.2) is 5.82 Å². The minimum Gasteiger partial charge on any atom is -0.370 e. The summed E-state index contributed by atoms with van der Waals surface area (Å²) in [6, 6.07) is 10.4. The van der Waals surface area contributed by atoms with Crippen LogP contribution in [-0.2, 0) is 7.05 Å². The van der Waals surface area contributed by atoms with Crippen molar-refractivity contribution in [2.24, 2.45) is 12.5 Å². The number of para-hydroxylation sites is 1. The van der Waals surface area contributed by atoms with Crippen LogP contribution in [0.4, 0.5) is 11.4 Å². The zero-order valence-electron chi connectivity index (χ0n) is 16.1. The third-order valence-corrected chi connectivity index (χ3v) is 6.71. The van der Waals surface area contributed by atoms with E-state index in [1.54, 1.807) is 0 Å². The van der Waals surface area contributed by atoms with Gasteiger partial charge in [-0.05, 0) is 36.9 Å². The van der Waals surface area contributed by atoms with Crippen LogP contribution in [0.2, 0.25) is 0 Å². The first-order chi connectivity index (χ1) is 14.2. The molecule has 2 aliphatic rings. The monoisotopic (exact) mass is 403 g/mol. The molecule has 2 fully saturated rings. The van der Waals surface area contributed by atoms with Gasteiger partial charge in [0.1, 0.15) is 0 Å². The molecular weight excluding hydrogens is 382 g/mol. The van der Waals surface area contributed by atoms with Crippen LogP contribution in [0.15, 0.2) is 60.0 Å². The zero-order valence-corrected chi connectivity index (χ0v) is 16.9. The van der Waals surface area contributed by atoms with Crippen LogP contribution in [0.1, 0.15) is 12.8 Å². The molecule has 1 aliphatic carbocycles. The first-order valence-corrected chi connectivity index (χ1v) is 10.6. The third-order valence-electron chi connectivity index (χ3n) is 5.94. The molecule has 29 heavy (non-hydrogen) atoms. The summed E-state index contributed by atoms with van der Waals surface area (Å²) in [5, 5.41) is 9.97. The van der Waals surface area contributed by atoms with Crippen molar-refractivity contribution in [3.05, 3.63) is 55.1 Å². The molecule has 0 radical (unpaired) electrons. The lowest BCUT2D eigenvalue weighted by molar-refractivity contribution is 0.387. The number of nitrogens with one attached hydrogen (secondary N) is 1. The largest absolute Gasteiger partial charge is 0.370 e. The Labute approximate surface area is 172 Å². The van der Waals surface area contributed by atoms with Crippen LogP contribution in [0.25, 0.3) is 16.7 Å². The Morgan fingerprint density at radius 3 is 2.86 bits per heavy atom. The Hall–Kier alpha value is -3.00. The summed E-state index contributed by atoms with van der Waals surface area (Å²) in [5.41, 5.74) is 4.00. The summed E-state index contributed by atoms with van der Waals surface area (Å²) >= 11 is 1.54. The van der Waals surface area contributed by atoms with Gasteiger partial charge in [0.25, 0.3) is 0 Å². The predicted octanol–water partition coefficient (Wildman–Crippen LogP) is 3.87. The van der Waals surface area contributed by atoms with E-state index >= 15 is 0 Å². The second-order valence-corrected chi connectivity index (χ2v) is 8.94. The summed E-state index contributed by atoms with van der Waals surface area (Å²) in [6.07, 6.45) is 10.4. The fourth-order valence-electron chi connectivity index (χ4n) is 4.08. The number of benzene rings is 1. The van der Waals surface area contributed by atoms with E-state index in [2.05, 4.69) is 49.1 Å². The first kappa shape index (κ1) is 16.9. The Kier molecular flexibility index (Phi) is 3.64. The predicted molar refractivity (Wildman–Crippen MR) is 115 cm³/mol. The normalized spacial score (nSPS) is 16.9. The average Bonchev–Trinajstić information content (AvgIpc) is 3.24. The number of nitrogens with zero attached hydrogens (tertiary/aromatic N) is 6. The van der Waals surface area contributed by atoms with Gasteiger partial charge in [-0.2, -0.15) is 10.2 Å². The number of rotatable bonds is 5. The summed E-state index contributed by atoms with van der Waals surface area (Å²) in [4.78, 5) is 7.98. The van der Waals surface area contributed by atoms with Crippen LogP contribution < -0.4 is 9.62 Å². The lowest BCUT2D eigenvalue weighted by Crippen LogP contribution is -2.48. The van der Waals surface area contributed by atoms with E-state index in [1.807, 2.05) is 47.3 Å². The van der Waals surface area contributed by atoms with Gasteiger partial charge < -0.3 is 9.62 Å². The van der Waals surface area contributed by atoms with Crippen molar-refractivity contribution in [2.75, 3.05) is 22.7 Å². The van der Waals surface area contributed by atoms with Gasteiger partial charge in [-0.15, -0.1) is 0 Å². The van der Waals surface area contributed by atoms with Crippen LogP contribution in [0, 0.1) is 5.41 Å². The molecule has 146 valence electrons. The van der Waals surface area contributed by atoms with Crippen molar-refractivity contribution < 1.29 is 0 Å². The first-order valence-electron chi connectivity index (χ1n) is 9.79. The molecule has 8 heteroatoms. The minimum absolute atomic E-state index is 0.640. The van der Waals surface area contributed by atoms with Crippen LogP contribution in [0.3, 0.4) is 0 Å². The van der Waals surface area contributed by atoms with Gasteiger partial charge in [-0.1, -0.05) is 12.1 Å². The van der Waals surface area contributed by atoms with Gasteiger partial charge in [0.05, 0.1) is 28.5 Å². The van der Waals surface area contributed by atoms with E-state index in [-0.39, 0.29) is 0 Å². The fourth-order valence-corrected chi connectivity index (χ4v) is 4.73. The molecule has 1 saturated carbocycles. The maximum absolute atomic E-state index is 4.51. The SMILES string of the molecule is Cn1ncc2cccc(NSc3cnn(-c4cc(N5CC6(CC6)C5)ccn4)c3)c21. The second kappa shape index (κ2) is 6.25. The van der Waals surface area contributed by atoms with Crippen molar-refractivity contribution >= 4 is 34.2 Å². The standard InChI is InChI=1S/C21H21N7S/c1-26-20-15(10-23-26)3-2-4-18(20)25-29-17-11-24-28(12-17)19-9-16(5-8-22-19)27-13-21(14-27)6-7-21/h2-5,8-12,25H,6-7,13-14H2,1H3. The molecular formula is C21H21N7S. The van der Waals surface area contributed by atoms with E-state index in [4.69, 9.17) is 0 Å². The number of anilines is 2. The van der Waals surface area contributed by atoms with Crippen LogP contribution in [0.5, 0.6) is 0 Å². The highest BCUT2D eigenvalue weighted by atomic mass is 32.2. The van der Waals surface area contributed by atoms with Gasteiger partial charge in [-0.25, -0.2) is 9.67 Å². The summed E-state index contributed by atoms with van der Waals surface area (Å²) in [5.74, 6) is 0.847. The van der Waals surface area contributed by atoms with Crippen molar-refractivity contribution in [1.82, 2.24) is 24.5 Å². The Morgan fingerprint density at radius 1 is 1.10 bits per heavy atom. The molecule has 3 aromatic heterocycles. The van der Waals surface area contributed by atoms with Crippen molar-refractivity contribution in [3.8, 4) is 5.82 Å². The molecule has 6 rings (SSSR count). The molecule has 0 atom stereocenters. The minimum atomic E-state index is 0.640. The molecule has 7 nitrogen and oxygen atoms in total. The smallest absolute Gasteiger partial charge is 0.155 e. The van der Waals surface area contributed by atoms with Crippen molar-refractivity contribution in [2.45, 2.75) is 17.7 Å². The third kappa shape index (κ3) is 2.95. The number of aromatic nitrogens is 5. The average molecular weight is 404 g/mol. The van der Waals surface area contributed by atoms with Crippen molar-refractivity contribution in [3.63, 3.8) is 0 Å². The van der Waals surface area contributed by atoms with Gasteiger partial charge >= 0.3 is 0 Å². The molecule has 1 N–H and O–H groups in total. The Bertz CT molecular complexity index is 1200. The van der Waals surface area contributed by atoms with E-state index in [1.165, 1.54) is 43.6 Å². The van der Waals surface area contributed by atoms with Gasteiger partial charge in [-0.3, -0.25) is 4.68 Å². The molecule has 4 aromatic rings. The molecule has 0 amide bonds. The van der Waals surface area contributed by atoms with Gasteiger partial charge in [0, 0.05) is 55.1 Å². The topological polar surface area (TPSA) is 63.8 Å². The number of aryl methyl sites for hydroxylation is 1. The molecule has 0 bridgehead atoms. The zero-order chi connectivity index (χ0) is 19.4. The highest BCUT2D eigenvalue weighted by molar-refractivity contribution is 8.00. The number of hydrogen-bond acceptors (Lipinski definition) is 6. The Morgan fingerprint density at radius 2 is 2.00 bits per heavy atom. The fraction of sp³-hybridized carbons (Fsp3) is 0.286. The highest BCUT2D eigenvalue weighted by Crippen LogP contribution is 2.53. The highest BCUT2D eigenvalue weighted by Gasteiger charge is 2.52. The molecule has 1 saturated heterocycles. The Balaban J connectivity index is 1.19. The maximum Gasteiger partial charge on any atom is 0.155 e. The van der Waals surface area contributed by atoms with E-state index in [9.17, 15) is 0 Å². The molecule has 1 aromatic carbocycles. The summed E-state index contributed by atoms with van der Waals surface area (Å²) < 4.78 is 7.16. The van der Waals surface area contributed by atoms with Crippen LogP contribution in [-0.4, -0.2) is 37.6 Å². The second-order valence-electron chi connectivity index (χ2n) is 8.06. The lowest BCUT2D eigenvalue weighted by Gasteiger charge is -2.41. The van der Waals surface area contributed by atoms with Crippen molar-refractivity contribution in [1.29, 1.82) is 0 Å². The van der Waals surface area contributed by atoms with Gasteiger partial charge in [0.2, 0.25) is 0 Å². The van der Waals surface area contributed by atoms with Crippen LogP contribution >= 0.6 is 11.9 Å². The van der Waals surface area contributed by atoms with E-state index in [0.717, 1.165) is 27.3 Å². The summed E-state index contributed by atoms with van der Waals surface area (Å²) in [6.45, 7) is 2.36. The molecule has 1 spiro atoms. The molecule has 1 aliphatic heterocycles. The molecule has 4 heterocycles. The quantitative estimate of drug-likeness (QED) is 0.510. The number of fused-ring (bicyclic) bond motifs is 1. The molecule has 0 unspecified atom stereocenters. The lowest BCUT2D eigenvalue weighted by atomic mass is 9.96. The summed E-state index contributed by atoms with van der Waals surface area (Å²) in [7, 11) is 1.96. The van der Waals surface area contributed by atoms with E-state index < -0.39 is 0 Å². The van der Waals surface area contributed by atoms with E-state index in [0.29, 0.717) is 5.41 Å². The number of hydrogen-bond donors (Lipinski definition) is 1.